The van der Waals surface area contributed by atoms with Crippen LogP contribution in [0.3, 0.4) is 0 Å². The summed E-state index contributed by atoms with van der Waals surface area (Å²) in [7, 11) is 0. The molecule has 0 saturated carbocycles. The quantitative estimate of drug-likeness (QED) is 0.838. The molecular weight excluding hydrogens is 300 g/mol. The van der Waals surface area contributed by atoms with Crippen LogP contribution < -0.4 is 5.32 Å². The monoisotopic (exact) mass is 320 g/mol. The molecule has 2 aromatic rings. The number of nitrogens with zero attached hydrogens (tertiary/aromatic N) is 1. The molecule has 19 heavy (non-hydrogen) atoms. The predicted molar refractivity (Wildman–Crippen MR) is 87.0 cm³/mol. The van der Waals surface area contributed by atoms with E-state index in [2.05, 4.69) is 74.1 Å². The van der Waals surface area contributed by atoms with Gasteiger partial charge < -0.3 is 5.32 Å². The number of rotatable bonds is 2. The summed E-state index contributed by atoms with van der Waals surface area (Å²) in [5.41, 5.74) is 4.58. The molecule has 2 nitrogen and oxygen atoms in total. The lowest BCUT2D eigenvalue weighted by Crippen LogP contribution is -2.14. The van der Waals surface area contributed by atoms with Crippen molar-refractivity contribution in [3.63, 3.8) is 0 Å². The van der Waals surface area contributed by atoms with E-state index < -0.39 is 0 Å². The number of benzene rings is 1. The van der Waals surface area contributed by atoms with Crippen LogP contribution in [-0.4, -0.2) is 11.5 Å². The van der Waals surface area contributed by atoms with Crippen LogP contribution in [0.25, 0.3) is 10.9 Å². The van der Waals surface area contributed by atoms with Gasteiger partial charge in [0.05, 0.1) is 5.52 Å². The van der Waals surface area contributed by atoms with E-state index in [1.165, 1.54) is 10.9 Å². The van der Waals surface area contributed by atoms with Gasteiger partial charge >= 0.3 is 0 Å². The number of fused-ring (bicyclic) bond motifs is 1. The fourth-order valence-electron chi connectivity index (χ4n) is 2.08. The van der Waals surface area contributed by atoms with Crippen molar-refractivity contribution in [2.75, 3.05) is 11.9 Å². The van der Waals surface area contributed by atoms with Crippen LogP contribution >= 0.6 is 15.9 Å². The first kappa shape index (κ1) is 14.3. The van der Waals surface area contributed by atoms with E-state index in [1.807, 2.05) is 0 Å². The van der Waals surface area contributed by atoms with Crippen molar-refractivity contribution in [1.82, 2.24) is 4.98 Å². The third-order valence-corrected chi connectivity index (χ3v) is 4.25. The summed E-state index contributed by atoms with van der Waals surface area (Å²) in [4.78, 5) is 4.86. The van der Waals surface area contributed by atoms with Crippen LogP contribution in [-0.2, 0) is 5.41 Å². The summed E-state index contributed by atoms with van der Waals surface area (Å²) in [6.07, 6.45) is 0. The second-order valence-corrected chi connectivity index (χ2v) is 6.72. The van der Waals surface area contributed by atoms with Crippen molar-refractivity contribution >= 4 is 32.5 Å². The third kappa shape index (κ3) is 2.76. The molecule has 0 atom stereocenters. The van der Waals surface area contributed by atoms with Crippen LogP contribution in [0.2, 0.25) is 0 Å². The molecule has 0 fully saturated rings. The second-order valence-electron chi connectivity index (χ2n) is 5.93. The van der Waals surface area contributed by atoms with Crippen LogP contribution in [0.4, 0.5) is 5.69 Å². The molecular formula is C16H21BrN2. The van der Waals surface area contributed by atoms with Crippen molar-refractivity contribution in [2.45, 2.75) is 40.0 Å². The highest BCUT2D eigenvalue weighted by Crippen LogP contribution is 2.34. The zero-order chi connectivity index (χ0) is 14.2. The van der Waals surface area contributed by atoms with Gasteiger partial charge in [-0.25, -0.2) is 0 Å². The minimum Gasteiger partial charge on any atom is -0.385 e. The molecule has 0 bridgehead atoms. The van der Waals surface area contributed by atoms with Crippen LogP contribution in [0.15, 0.2) is 22.7 Å². The van der Waals surface area contributed by atoms with Gasteiger partial charge in [0, 0.05) is 33.2 Å². The number of halogens is 1. The van der Waals surface area contributed by atoms with Gasteiger partial charge in [0.15, 0.2) is 0 Å². The largest absolute Gasteiger partial charge is 0.385 e. The van der Waals surface area contributed by atoms with Crippen molar-refractivity contribution in [2.24, 2.45) is 0 Å². The van der Waals surface area contributed by atoms with Crippen LogP contribution in [0.5, 0.6) is 0 Å². The Hall–Kier alpha value is -1.09. The van der Waals surface area contributed by atoms with E-state index in [-0.39, 0.29) is 5.41 Å². The smallest absolute Gasteiger partial charge is 0.0870 e. The Labute approximate surface area is 123 Å². The number of nitrogens with one attached hydrogen (secondary N) is 1. The highest BCUT2D eigenvalue weighted by Gasteiger charge is 2.19. The molecule has 102 valence electrons. The van der Waals surface area contributed by atoms with Crippen molar-refractivity contribution in [1.29, 1.82) is 0 Å². The highest BCUT2D eigenvalue weighted by molar-refractivity contribution is 9.10. The summed E-state index contributed by atoms with van der Waals surface area (Å²) < 4.78 is 1.09. The van der Waals surface area contributed by atoms with Crippen molar-refractivity contribution in [3.8, 4) is 0 Å². The molecule has 1 N–H and O–H groups in total. The summed E-state index contributed by atoms with van der Waals surface area (Å²) >= 11 is 3.68. The molecule has 0 amide bonds. The average Bonchev–Trinajstić information content (AvgIpc) is 2.33. The standard InChI is InChI=1S/C16H21BrN2/c1-6-18-12-9-13(16(3,4)5)19-15-11(12)8-7-10(2)14(15)17/h7-9H,6H2,1-5H3,(H,18,19). The SMILES string of the molecule is CCNc1cc(C(C)(C)C)nc2c(Br)c(C)ccc12. The summed E-state index contributed by atoms with van der Waals surface area (Å²) in [6, 6.07) is 6.45. The van der Waals surface area contributed by atoms with Crippen molar-refractivity contribution < 1.29 is 0 Å². The lowest BCUT2D eigenvalue weighted by Gasteiger charge is -2.21. The van der Waals surface area contributed by atoms with Gasteiger partial charge in [-0.15, -0.1) is 0 Å². The Balaban J connectivity index is 2.80. The molecule has 0 saturated heterocycles. The van der Waals surface area contributed by atoms with E-state index >= 15 is 0 Å². The normalized spacial score (nSPS) is 11.9. The molecule has 0 aliphatic carbocycles. The Morgan fingerprint density at radius 1 is 1.26 bits per heavy atom. The molecule has 2 rings (SSSR count). The summed E-state index contributed by atoms with van der Waals surface area (Å²) in [5.74, 6) is 0. The van der Waals surface area contributed by atoms with Crippen LogP contribution in [0, 0.1) is 6.92 Å². The fraction of sp³-hybridized carbons (Fsp3) is 0.438. The van der Waals surface area contributed by atoms with Gasteiger partial charge in [0.1, 0.15) is 0 Å². The van der Waals surface area contributed by atoms with E-state index in [9.17, 15) is 0 Å². The van der Waals surface area contributed by atoms with Gasteiger partial charge in [0.2, 0.25) is 0 Å². The molecule has 3 heteroatoms. The Kier molecular flexibility index (Phi) is 3.86. The second kappa shape index (κ2) is 5.12. The highest BCUT2D eigenvalue weighted by atomic mass is 79.9. The minimum atomic E-state index is 0.0432. The lowest BCUT2D eigenvalue weighted by atomic mass is 9.90. The predicted octanol–water partition coefficient (Wildman–Crippen LogP) is 5.04. The first-order valence-electron chi connectivity index (χ1n) is 6.68. The van der Waals surface area contributed by atoms with E-state index in [0.717, 1.165) is 27.9 Å². The maximum absolute atomic E-state index is 4.86. The van der Waals surface area contributed by atoms with E-state index in [0.29, 0.717) is 0 Å². The topological polar surface area (TPSA) is 24.9 Å². The zero-order valence-electron chi connectivity index (χ0n) is 12.3. The maximum Gasteiger partial charge on any atom is 0.0870 e. The molecule has 1 aromatic carbocycles. The van der Waals surface area contributed by atoms with Gasteiger partial charge in [-0.05, 0) is 41.4 Å². The average molecular weight is 321 g/mol. The Morgan fingerprint density at radius 2 is 1.95 bits per heavy atom. The Bertz CT molecular complexity index is 612. The molecule has 0 spiro atoms. The molecule has 0 aliphatic rings. The fourth-order valence-corrected chi connectivity index (χ4v) is 2.51. The first-order valence-corrected chi connectivity index (χ1v) is 7.48. The van der Waals surface area contributed by atoms with Gasteiger partial charge in [0.25, 0.3) is 0 Å². The summed E-state index contributed by atoms with van der Waals surface area (Å²) in [5, 5.41) is 4.62. The van der Waals surface area contributed by atoms with Gasteiger partial charge in [-0.3, -0.25) is 4.98 Å². The van der Waals surface area contributed by atoms with Crippen LogP contribution in [0.1, 0.15) is 39.0 Å². The third-order valence-electron chi connectivity index (χ3n) is 3.25. The molecule has 1 heterocycles. The zero-order valence-corrected chi connectivity index (χ0v) is 13.9. The molecule has 0 unspecified atom stereocenters. The Morgan fingerprint density at radius 3 is 2.53 bits per heavy atom. The molecule has 0 aliphatic heterocycles. The first-order chi connectivity index (χ1) is 8.84. The lowest BCUT2D eigenvalue weighted by molar-refractivity contribution is 0.571. The number of anilines is 1. The number of pyridine rings is 1. The van der Waals surface area contributed by atoms with E-state index in [4.69, 9.17) is 4.98 Å². The maximum atomic E-state index is 4.86. The molecule has 1 aromatic heterocycles. The minimum absolute atomic E-state index is 0.0432. The molecule has 0 radical (unpaired) electrons. The van der Waals surface area contributed by atoms with Gasteiger partial charge in [-0.2, -0.15) is 0 Å². The number of aryl methyl sites for hydroxylation is 1. The number of hydrogen-bond acceptors (Lipinski definition) is 2. The van der Waals surface area contributed by atoms with E-state index in [1.54, 1.807) is 0 Å². The number of aromatic nitrogens is 1. The number of hydrogen-bond donors (Lipinski definition) is 1. The van der Waals surface area contributed by atoms with Gasteiger partial charge in [-0.1, -0.05) is 32.9 Å². The summed E-state index contributed by atoms with van der Waals surface area (Å²) in [6.45, 7) is 11.7. The van der Waals surface area contributed by atoms with Crippen molar-refractivity contribution in [3.05, 3.63) is 33.9 Å².